The Kier molecular flexibility index (Phi) is 53.6. The molecule has 0 rings (SSSR count). The molecule has 3 N–H and O–H groups in total. The van der Waals surface area contributed by atoms with Gasteiger partial charge in [-0.15, -0.1) is 0 Å². The van der Waals surface area contributed by atoms with Crippen molar-refractivity contribution in [3.05, 3.63) is 48.6 Å². The van der Waals surface area contributed by atoms with Crippen LogP contribution in [0.4, 0.5) is 0 Å². The molecule has 0 fully saturated rings. The number of amides is 1. The van der Waals surface area contributed by atoms with Crippen LogP contribution in [0.25, 0.3) is 0 Å². The zero-order chi connectivity index (χ0) is 47.9. The van der Waals surface area contributed by atoms with Crippen LogP contribution in [0.3, 0.4) is 0 Å². The fourth-order valence-corrected chi connectivity index (χ4v) is 8.62. The first-order valence-corrected chi connectivity index (χ1v) is 28.9. The van der Waals surface area contributed by atoms with E-state index in [0.29, 0.717) is 19.4 Å². The lowest BCUT2D eigenvalue weighted by Crippen LogP contribution is -2.45. The molecule has 0 saturated carbocycles. The third-order valence-electron chi connectivity index (χ3n) is 13.1. The zero-order valence-electron chi connectivity index (χ0n) is 43.9. The Hall–Kier alpha value is -2.18. The molecule has 0 aliphatic heterocycles. The Morgan fingerprint density at radius 1 is 0.424 bits per heavy atom. The number of carbonyl (C=O) groups excluding carboxylic acids is 2. The maximum Gasteiger partial charge on any atom is 0.305 e. The van der Waals surface area contributed by atoms with Crippen LogP contribution in [-0.4, -0.2) is 47.4 Å². The highest BCUT2D eigenvalue weighted by molar-refractivity contribution is 5.76. The van der Waals surface area contributed by atoms with Crippen LogP contribution in [0, 0.1) is 0 Å². The average Bonchev–Trinajstić information content (AvgIpc) is 3.32. The van der Waals surface area contributed by atoms with Crippen LogP contribution >= 0.6 is 0 Å². The highest BCUT2D eigenvalue weighted by atomic mass is 16.5. The number of unbranched alkanes of at least 4 members (excludes halogenated alkanes) is 37. The van der Waals surface area contributed by atoms with Crippen LogP contribution in [0.15, 0.2) is 48.6 Å². The lowest BCUT2D eigenvalue weighted by atomic mass is 10.0. The Bertz CT molecular complexity index is 1110. The van der Waals surface area contributed by atoms with Gasteiger partial charge in [-0.05, 0) is 89.9 Å². The summed E-state index contributed by atoms with van der Waals surface area (Å²) >= 11 is 0. The van der Waals surface area contributed by atoms with Gasteiger partial charge >= 0.3 is 5.97 Å². The molecule has 2 unspecified atom stereocenters. The van der Waals surface area contributed by atoms with E-state index >= 15 is 0 Å². The monoisotopic (exact) mass is 926 g/mol. The van der Waals surface area contributed by atoms with Crippen molar-refractivity contribution in [2.24, 2.45) is 0 Å². The van der Waals surface area contributed by atoms with Crippen molar-refractivity contribution in [2.75, 3.05) is 13.2 Å². The van der Waals surface area contributed by atoms with Gasteiger partial charge in [0.15, 0.2) is 0 Å². The first kappa shape index (κ1) is 63.8. The molecule has 2 atom stereocenters. The zero-order valence-corrected chi connectivity index (χ0v) is 43.9. The molecule has 0 aliphatic carbocycles. The van der Waals surface area contributed by atoms with Gasteiger partial charge in [0, 0.05) is 12.8 Å². The van der Waals surface area contributed by atoms with E-state index in [1.54, 1.807) is 6.08 Å². The third kappa shape index (κ3) is 51.2. The lowest BCUT2D eigenvalue weighted by molar-refractivity contribution is -0.143. The normalized spacial score (nSPS) is 13.0. The van der Waals surface area contributed by atoms with Gasteiger partial charge in [-0.1, -0.05) is 242 Å². The van der Waals surface area contributed by atoms with Crippen LogP contribution < -0.4 is 5.32 Å². The number of hydrogen-bond acceptors (Lipinski definition) is 5. The number of aliphatic hydroxyl groups is 2. The molecule has 0 spiro atoms. The first-order valence-electron chi connectivity index (χ1n) is 28.9. The van der Waals surface area contributed by atoms with Crippen LogP contribution in [0.2, 0.25) is 0 Å². The smallest absolute Gasteiger partial charge is 0.305 e. The number of rotatable bonds is 53. The number of carbonyl (C=O) groups is 2. The molecule has 1 amide bonds. The molecule has 0 aliphatic rings. The van der Waals surface area contributed by atoms with Crippen molar-refractivity contribution in [3.63, 3.8) is 0 Å². The first-order chi connectivity index (χ1) is 32.5. The SMILES string of the molecule is CCCCC/C=C\CCCCCCCC(=O)OCCCCC/C=C\C=C/CCCCCCCCCCCCC(=O)NC(CO)C(O)/C=C/CCCCCCCCCCCCCCCCCC. The Morgan fingerprint density at radius 2 is 0.758 bits per heavy atom. The van der Waals surface area contributed by atoms with E-state index < -0.39 is 12.1 Å². The molecule has 0 aromatic rings. The van der Waals surface area contributed by atoms with Crippen LogP contribution in [0.5, 0.6) is 0 Å². The Balaban J connectivity index is 3.53. The van der Waals surface area contributed by atoms with Gasteiger partial charge in [0.05, 0.1) is 25.4 Å². The summed E-state index contributed by atoms with van der Waals surface area (Å²) in [4.78, 5) is 24.5. The van der Waals surface area contributed by atoms with Gasteiger partial charge in [-0.25, -0.2) is 0 Å². The minimum atomic E-state index is -0.852. The molecular formula is C60H111NO5. The second-order valence-electron chi connectivity index (χ2n) is 19.6. The van der Waals surface area contributed by atoms with Crippen molar-refractivity contribution in [1.82, 2.24) is 5.32 Å². The van der Waals surface area contributed by atoms with Crippen molar-refractivity contribution < 1.29 is 24.5 Å². The summed E-state index contributed by atoms with van der Waals surface area (Å²) in [6.07, 6.45) is 69.9. The maximum atomic E-state index is 12.5. The summed E-state index contributed by atoms with van der Waals surface area (Å²) in [5, 5.41) is 23.1. The molecular weight excluding hydrogens is 815 g/mol. The minimum absolute atomic E-state index is 0.0247. The summed E-state index contributed by atoms with van der Waals surface area (Å²) in [5.41, 5.74) is 0. The second-order valence-corrected chi connectivity index (χ2v) is 19.6. The Morgan fingerprint density at radius 3 is 1.20 bits per heavy atom. The fraction of sp³-hybridized carbons (Fsp3) is 0.833. The largest absolute Gasteiger partial charge is 0.466 e. The van der Waals surface area contributed by atoms with E-state index in [4.69, 9.17) is 4.74 Å². The van der Waals surface area contributed by atoms with Gasteiger partial charge in [0.1, 0.15) is 0 Å². The maximum absolute atomic E-state index is 12.5. The van der Waals surface area contributed by atoms with Gasteiger partial charge in [0.25, 0.3) is 0 Å². The van der Waals surface area contributed by atoms with Gasteiger partial charge in [-0.2, -0.15) is 0 Å². The lowest BCUT2D eigenvalue weighted by Gasteiger charge is -2.20. The van der Waals surface area contributed by atoms with E-state index in [9.17, 15) is 19.8 Å². The molecule has 6 heteroatoms. The van der Waals surface area contributed by atoms with Gasteiger partial charge in [-0.3, -0.25) is 9.59 Å². The molecule has 0 saturated heterocycles. The highest BCUT2D eigenvalue weighted by Crippen LogP contribution is 2.16. The number of allylic oxidation sites excluding steroid dienone is 7. The van der Waals surface area contributed by atoms with E-state index in [2.05, 4.69) is 55.6 Å². The molecule has 66 heavy (non-hydrogen) atoms. The van der Waals surface area contributed by atoms with Crippen molar-refractivity contribution >= 4 is 11.9 Å². The minimum Gasteiger partial charge on any atom is -0.466 e. The second kappa shape index (κ2) is 55.4. The summed E-state index contributed by atoms with van der Waals surface area (Å²) in [6.45, 7) is 4.84. The van der Waals surface area contributed by atoms with E-state index in [0.717, 1.165) is 77.0 Å². The number of esters is 1. The molecule has 0 aromatic carbocycles. The van der Waals surface area contributed by atoms with Crippen molar-refractivity contribution in [2.45, 2.75) is 309 Å². The number of aliphatic hydroxyl groups excluding tert-OH is 2. The van der Waals surface area contributed by atoms with E-state index in [-0.39, 0.29) is 18.5 Å². The van der Waals surface area contributed by atoms with Gasteiger partial charge in [0.2, 0.25) is 5.91 Å². The highest BCUT2D eigenvalue weighted by Gasteiger charge is 2.18. The molecule has 0 radical (unpaired) electrons. The molecule has 386 valence electrons. The number of hydrogen-bond donors (Lipinski definition) is 3. The van der Waals surface area contributed by atoms with Crippen LogP contribution in [-0.2, 0) is 14.3 Å². The van der Waals surface area contributed by atoms with Crippen LogP contribution in [0.1, 0.15) is 296 Å². The van der Waals surface area contributed by atoms with Crippen molar-refractivity contribution in [1.29, 1.82) is 0 Å². The quantitative estimate of drug-likeness (QED) is 0.0244. The van der Waals surface area contributed by atoms with Gasteiger partial charge < -0.3 is 20.3 Å². The topological polar surface area (TPSA) is 95.9 Å². The number of nitrogens with one attached hydrogen (secondary N) is 1. The van der Waals surface area contributed by atoms with Crippen molar-refractivity contribution in [3.8, 4) is 0 Å². The van der Waals surface area contributed by atoms with E-state index in [1.165, 1.54) is 193 Å². The summed E-state index contributed by atoms with van der Waals surface area (Å²) in [5.74, 6) is -0.102. The molecule has 6 nitrogen and oxygen atoms in total. The molecule has 0 heterocycles. The predicted octanol–water partition coefficient (Wildman–Crippen LogP) is 17.8. The summed E-state index contributed by atoms with van der Waals surface area (Å²) in [7, 11) is 0. The predicted molar refractivity (Wildman–Crippen MR) is 287 cm³/mol. The number of ether oxygens (including phenoxy) is 1. The van der Waals surface area contributed by atoms with E-state index in [1.807, 2.05) is 6.08 Å². The Labute approximate surface area is 410 Å². The average molecular weight is 927 g/mol. The summed E-state index contributed by atoms with van der Waals surface area (Å²) < 4.78 is 5.43. The fourth-order valence-electron chi connectivity index (χ4n) is 8.62. The molecule has 0 bridgehead atoms. The third-order valence-corrected chi connectivity index (χ3v) is 13.1. The molecule has 0 aromatic heterocycles. The summed E-state index contributed by atoms with van der Waals surface area (Å²) in [6, 6.07) is -0.637. The standard InChI is InChI=1S/C60H111NO5/c1-3-5-7-9-11-13-15-17-18-19-23-26-29-32-36-40-44-48-52-58(63)57(56-62)61-59(64)53-49-45-41-37-33-30-27-24-21-20-22-25-28-31-35-39-43-47-51-55-66-60(65)54-50-46-42-38-34-16-14-12-10-8-6-4-2/h12,14,25,28,31,35,48,52,57-58,62-63H,3-11,13,15-24,26-27,29-30,32-34,36-47,49-51,53-56H2,1-2H3,(H,61,64)/b14-12-,28-25-,35-31-,52-48+.